The van der Waals surface area contributed by atoms with Crippen LogP contribution in [0.2, 0.25) is 0 Å². The second-order valence-electron chi connectivity index (χ2n) is 5.67. The van der Waals surface area contributed by atoms with E-state index in [4.69, 9.17) is 5.11 Å². The van der Waals surface area contributed by atoms with E-state index in [1.54, 1.807) is 31.2 Å². The predicted molar refractivity (Wildman–Crippen MR) is 95.7 cm³/mol. The first kappa shape index (κ1) is 18.4. The van der Waals surface area contributed by atoms with Crippen molar-refractivity contribution in [3.05, 3.63) is 69.3 Å². The Morgan fingerprint density at radius 3 is 2.68 bits per heavy atom. The number of nitro benzene ring substituents is 1. The van der Waals surface area contributed by atoms with Crippen LogP contribution in [0.5, 0.6) is 0 Å². The van der Waals surface area contributed by atoms with Crippen LogP contribution in [0, 0.1) is 17.0 Å². The molecule has 1 unspecified atom stereocenters. The van der Waals surface area contributed by atoms with Crippen LogP contribution in [0.3, 0.4) is 0 Å². The fourth-order valence-corrected chi connectivity index (χ4v) is 2.66. The van der Waals surface area contributed by atoms with E-state index in [-0.39, 0.29) is 30.8 Å². The number of carbonyl (C=O) groups excluding carboxylic acids is 1. The molecule has 1 amide bonds. The van der Waals surface area contributed by atoms with Crippen LogP contribution in [-0.4, -0.2) is 29.1 Å². The lowest BCUT2D eigenvalue weighted by Gasteiger charge is -2.18. The van der Waals surface area contributed by atoms with Crippen LogP contribution in [-0.2, 0) is 0 Å². The first-order valence-electron chi connectivity index (χ1n) is 7.93. The maximum atomic E-state index is 12.0. The summed E-state index contributed by atoms with van der Waals surface area (Å²) in [7, 11) is 0. The molecule has 0 saturated heterocycles. The van der Waals surface area contributed by atoms with Crippen molar-refractivity contribution >= 4 is 17.3 Å². The Labute approximate surface area is 145 Å². The Morgan fingerprint density at radius 2 is 2.00 bits per heavy atom. The van der Waals surface area contributed by atoms with Gasteiger partial charge in [-0.15, -0.1) is 0 Å². The summed E-state index contributed by atoms with van der Waals surface area (Å²) in [6.07, 6.45) is 0. The molecule has 0 radical (unpaired) electrons. The summed E-state index contributed by atoms with van der Waals surface area (Å²) in [6.45, 7) is 3.71. The lowest BCUT2D eigenvalue weighted by molar-refractivity contribution is -0.385. The lowest BCUT2D eigenvalue weighted by Crippen LogP contribution is -2.26. The van der Waals surface area contributed by atoms with Gasteiger partial charge in [0, 0.05) is 35.5 Å². The molecule has 0 aliphatic rings. The van der Waals surface area contributed by atoms with Crippen molar-refractivity contribution in [3.63, 3.8) is 0 Å². The van der Waals surface area contributed by atoms with Crippen molar-refractivity contribution in [2.75, 3.05) is 18.5 Å². The van der Waals surface area contributed by atoms with Crippen LogP contribution < -0.4 is 10.6 Å². The number of benzene rings is 2. The average molecular weight is 343 g/mol. The summed E-state index contributed by atoms with van der Waals surface area (Å²) >= 11 is 0. The largest absolute Gasteiger partial charge is 0.395 e. The predicted octanol–water partition coefficient (Wildman–Crippen LogP) is 2.80. The molecule has 132 valence electrons. The van der Waals surface area contributed by atoms with Crippen LogP contribution in [0.15, 0.2) is 42.5 Å². The maximum Gasteiger partial charge on any atom is 0.272 e. The highest BCUT2D eigenvalue weighted by Crippen LogP contribution is 2.28. The van der Waals surface area contributed by atoms with E-state index in [0.29, 0.717) is 11.1 Å². The molecule has 2 aromatic rings. The monoisotopic (exact) mass is 343 g/mol. The van der Waals surface area contributed by atoms with Gasteiger partial charge >= 0.3 is 0 Å². The van der Waals surface area contributed by atoms with Crippen molar-refractivity contribution in [1.29, 1.82) is 0 Å². The quantitative estimate of drug-likeness (QED) is 0.530. The fraction of sp³-hybridized carbons (Fsp3) is 0.278. The second-order valence-corrected chi connectivity index (χ2v) is 5.67. The Bertz CT molecular complexity index is 777. The molecule has 25 heavy (non-hydrogen) atoms. The van der Waals surface area contributed by atoms with E-state index in [1.165, 1.54) is 6.07 Å². The van der Waals surface area contributed by atoms with Gasteiger partial charge in [-0.05, 0) is 37.6 Å². The van der Waals surface area contributed by atoms with Gasteiger partial charge in [0.25, 0.3) is 11.6 Å². The molecule has 0 bridgehead atoms. The number of hydrogen-bond donors (Lipinski definition) is 3. The molecule has 0 aliphatic carbocycles. The minimum atomic E-state index is -0.391. The van der Waals surface area contributed by atoms with Gasteiger partial charge in [-0.25, -0.2) is 0 Å². The summed E-state index contributed by atoms with van der Waals surface area (Å²) in [5.41, 5.74) is 2.73. The highest BCUT2D eigenvalue weighted by Gasteiger charge is 2.17. The van der Waals surface area contributed by atoms with Crippen LogP contribution in [0.25, 0.3) is 0 Å². The Kier molecular flexibility index (Phi) is 6.08. The van der Waals surface area contributed by atoms with E-state index < -0.39 is 4.92 Å². The first-order valence-corrected chi connectivity index (χ1v) is 7.93. The molecule has 2 rings (SSSR count). The molecular formula is C18H21N3O4. The summed E-state index contributed by atoms with van der Waals surface area (Å²) in [5, 5.41) is 25.7. The van der Waals surface area contributed by atoms with E-state index >= 15 is 0 Å². The van der Waals surface area contributed by atoms with Crippen molar-refractivity contribution in [3.8, 4) is 0 Å². The summed E-state index contributed by atoms with van der Waals surface area (Å²) in [5.74, 6) is -0.267. The number of aliphatic hydroxyl groups is 1. The molecule has 0 aromatic heterocycles. The van der Waals surface area contributed by atoms with Gasteiger partial charge in [0.15, 0.2) is 0 Å². The molecule has 0 aliphatic heterocycles. The SMILES string of the molecule is Cc1c(C(C)Nc2cccc(C(=O)NCCO)c2)cccc1[N+](=O)[O-]. The van der Waals surface area contributed by atoms with Gasteiger partial charge < -0.3 is 15.7 Å². The van der Waals surface area contributed by atoms with E-state index in [0.717, 1.165) is 11.3 Å². The molecule has 0 spiro atoms. The van der Waals surface area contributed by atoms with Crippen LogP contribution >= 0.6 is 0 Å². The topological polar surface area (TPSA) is 104 Å². The zero-order valence-corrected chi connectivity index (χ0v) is 14.2. The highest BCUT2D eigenvalue weighted by molar-refractivity contribution is 5.95. The first-order chi connectivity index (χ1) is 11.9. The molecule has 7 heteroatoms. The second kappa shape index (κ2) is 8.25. The third-order valence-corrected chi connectivity index (χ3v) is 3.92. The van der Waals surface area contributed by atoms with Gasteiger partial charge in [-0.1, -0.05) is 18.2 Å². The van der Waals surface area contributed by atoms with E-state index in [1.807, 2.05) is 19.1 Å². The average Bonchev–Trinajstić information content (AvgIpc) is 2.59. The summed E-state index contributed by atoms with van der Waals surface area (Å²) in [6, 6.07) is 11.8. The zero-order chi connectivity index (χ0) is 18.4. The summed E-state index contributed by atoms with van der Waals surface area (Å²) < 4.78 is 0. The van der Waals surface area contributed by atoms with E-state index in [9.17, 15) is 14.9 Å². The minimum Gasteiger partial charge on any atom is -0.395 e. The van der Waals surface area contributed by atoms with Crippen LogP contribution in [0.4, 0.5) is 11.4 Å². The number of hydrogen-bond acceptors (Lipinski definition) is 5. The normalized spacial score (nSPS) is 11.6. The van der Waals surface area contributed by atoms with Gasteiger partial charge in [0.2, 0.25) is 0 Å². The van der Waals surface area contributed by atoms with Gasteiger partial charge in [-0.2, -0.15) is 0 Å². The molecule has 0 fully saturated rings. The molecule has 2 aromatic carbocycles. The number of amides is 1. The minimum absolute atomic E-state index is 0.0864. The number of carbonyl (C=O) groups is 1. The van der Waals surface area contributed by atoms with Gasteiger partial charge in [0.05, 0.1) is 11.5 Å². The van der Waals surface area contributed by atoms with Gasteiger partial charge in [-0.3, -0.25) is 14.9 Å². The van der Waals surface area contributed by atoms with Gasteiger partial charge in [0.1, 0.15) is 0 Å². The number of nitrogens with zero attached hydrogens (tertiary/aromatic N) is 1. The zero-order valence-electron chi connectivity index (χ0n) is 14.2. The number of nitro groups is 1. The molecule has 1 atom stereocenters. The molecule has 0 saturated carbocycles. The third kappa shape index (κ3) is 4.54. The summed E-state index contributed by atoms with van der Waals surface area (Å²) in [4.78, 5) is 22.7. The number of nitrogens with one attached hydrogen (secondary N) is 2. The van der Waals surface area contributed by atoms with E-state index in [2.05, 4.69) is 10.6 Å². The smallest absolute Gasteiger partial charge is 0.272 e. The van der Waals surface area contributed by atoms with Crippen molar-refractivity contribution in [1.82, 2.24) is 5.32 Å². The van der Waals surface area contributed by atoms with Crippen molar-refractivity contribution in [2.24, 2.45) is 0 Å². The number of rotatable bonds is 7. The number of anilines is 1. The molecule has 7 nitrogen and oxygen atoms in total. The molecule has 0 heterocycles. The Balaban J connectivity index is 2.18. The molecular weight excluding hydrogens is 322 g/mol. The maximum absolute atomic E-state index is 12.0. The Hall–Kier alpha value is -2.93. The number of aliphatic hydroxyl groups excluding tert-OH is 1. The van der Waals surface area contributed by atoms with Crippen molar-refractivity contribution < 1.29 is 14.8 Å². The standard InChI is InChI=1S/C18H21N3O4/c1-12-16(7-4-8-17(12)21(24)25)13(2)20-15-6-3-5-14(11-15)18(23)19-9-10-22/h3-8,11,13,20,22H,9-10H2,1-2H3,(H,19,23). The van der Waals surface area contributed by atoms with Crippen LogP contribution in [0.1, 0.15) is 34.5 Å². The Morgan fingerprint density at radius 1 is 1.28 bits per heavy atom. The lowest BCUT2D eigenvalue weighted by atomic mass is 10.0. The fourth-order valence-electron chi connectivity index (χ4n) is 2.66. The third-order valence-electron chi connectivity index (χ3n) is 3.92. The van der Waals surface area contributed by atoms with Crippen molar-refractivity contribution in [2.45, 2.75) is 19.9 Å². The molecule has 3 N–H and O–H groups in total. The highest BCUT2D eigenvalue weighted by atomic mass is 16.6.